The number of rotatable bonds is 5. The fourth-order valence-corrected chi connectivity index (χ4v) is 4.26. The van der Waals surface area contributed by atoms with Gasteiger partial charge in [0.25, 0.3) is 0 Å². The lowest BCUT2D eigenvalue weighted by Crippen LogP contribution is -2.11. The molecule has 1 saturated carbocycles. The molecule has 1 aliphatic rings. The Hall–Kier alpha value is -1.88. The Kier molecular flexibility index (Phi) is 5.19. The normalized spacial score (nSPS) is 14.9. The molecule has 0 atom stereocenters. The fourth-order valence-electron chi connectivity index (χ4n) is 3.24. The molecule has 0 spiro atoms. The molecule has 1 N–H and O–H groups in total. The van der Waals surface area contributed by atoms with Gasteiger partial charge in [-0.25, -0.2) is 14.8 Å². The Bertz CT molecular complexity index is 755. The largest absolute Gasteiger partial charge is 0.478 e. The van der Waals surface area contributed by atoms with Crippen molar-refractivity contribution in [2.45, 2.75) is 56.2 Å². The highest BCUT2D eigenvalue weighted by Gasteiger charge is 2.24. The Morgan fingerprint density at radius 1 is 1.25 bits per heavy atom. The van der Waals surface area contributed by atoms with E-state index >= 15 is 0 Å². The van der Waals surface area contributed by atoms with Gasteiger partial charge in [0, 0.05) is 11.7 Å². The summed E-state index contributed by atoms with van der Waals surface area (Å²) in [4.78, 5) is 20.8. The molecule has 0 radical (unpaired) electrons. The van der Waals surface area contributed by atoms with Crippen molar-refractivity contribution in [3.8, 4) is 0 Å². The van der Waals surface area contributed by atoms with E-state index in [1.165, 1.54) is 35.7 Å². The van der Waals surface area contributed by atoms with Gasteiger partial charge < -0.3 is 5.11 Å². The minimum Gasteiger partial charge on any atom is -0.478 e. The van der Waals surface area contributed by atoms with Crippen LogP contribution < -0.4 is 0 Å². The lowest BCUT2D eigenvalue weighted by Gasteiger charge is -2.13. The molecule has 3 rings (SSSR count). The quantitative estimate of drug-likeness (QED) is 0.628. The number of thioether (sulfide) groups is 1. The average molecular weight is 342 g/mol. The van der Waals surface area contributed by atoms with Gasteiger partial charge in [0.1, 0.15) is 16.4 Å². The van der Waals surface area contributed by atoms with Gasteiger partial charge in [-0.1, -0.05) is 42.7 Å². The molecule has 0 aliphatic heterocycles. The van der Waals surface area contributed by atoms with E-state index < -0.39 is 5.97 Å². The highest BCUT2D eigenvalue weighted by atomic mass is 32.2. The van der Waals surface area contributed by atoms with E-state index in [-0.39, 0.29) is 5.56 Å². The molecule has 4 nitrogen and oxygen atoms in total. The third-order valence-corrected chi connectivity index (χ3v) is 5.51. The van der Waals surface area contributed by atoms with Crippen molar-refractivity contribution in [3.05, 3.63) is 52.5 Å². The topological polar surface area (TPSA) is 63.1 Å². The fraction of sp³-hybridized carbons (Fsp3) is 0.421. The molecular weight excluding hydrogens is 320 g/mol. The van der Waals surface area contributed by atoms with Crippen molar-refractivity contribution in [2.24, 2.45) is 0 Å². The maximum atomic E-state index is 11.6. The first kappa shape index (κ1) is 17.0. The number of aromatic nitrogens is 2. The first-order valence-electron chi connectivity index (χ1n) is 8.35. The SMILES string of the molecule is Cc1cccc(CSc2nc(C3CCCC3)nc(C)c2C(=O)O)c1. The van der Waals surface area contributed by atoms with Crippen molar-refractivity contribution in [2.75, 3.05) is 0 Å². The van der Waals surface area contributed by atoms with Crippen LogP contribution in [0.2, 0.25) is 0 Å². The van der Waals surface area contributed by atoms with Crippen LogP contribution in [0, 0.1) is 13.8 Å². The molecule has 0 unspecified atom stereocenters. The summed E-state index contributed by atoms with van der Waals surface area (Å²) in [6.45, 7) is 3.84. The Morgan fingerprint density at radius 3 is 2.67 bits per heavy atom. The number of benzene rings is 1. The van der Waals surface area contributed by atoms with Crippen LogP contribution in [0.5, 0.6) is 0 Å². The summed E-state index contributed by atoms with van der Waals surface area (Å²) < 4.78 is 0. The van der Waals surface area contributed by atoms with Gasteiger partial charge in [-0.15, -0.1) is 11.8 Å². The van der Waals surface area contributed by atoms with Gasteiger partial charge in [-0.3, -0.25) is 0 Å². The number of hydrogen-bond acceptors (Lipinski definition) is 4. The number of hydrogen-bond donors (Lipinski definition) is 1. The zero-order chi connectivity index (χ0) is 17.1. The Balaban J connectivity index is 1.89. The summed E-state index contributed by atoms with van der Waals surface area (Å²) in [5.74, 6) is 0.964. The summed E-state index contributed by atoms with van der Waals surface area (Å²) >= 11 is 1.49. The van der Waals surface area contributed by atoms with Crippen molar-refractivity contribution < 1.29 is 9.90 Å². The van der Waals surface area contributed by atoms with E-state index in [0.717, 1.165) is 18.7 Å². The summed E-state index contributed by atoms with van der Waals surface area (Å²) in [6.07, 6.45) is 4.63. The van der Waals surface area contributed by atoms with Crippen LogP contribution in [0.4, 0.5) is 0 Å². The van der Waals surface area contributed by atoms with Gasteiger partial charge in [0.2, 0.25) is 0 Å². The van der Waals surface area contributed by atoms with E-state index in [0.29, 0.717) is 22.4 Å². The number of carboxylic acids is 1. The predicted molar refractivity (Wildman–Crippen MR) is 95.7 cm³/mol. The van der Waals surface area contributed by atoms with Crippen molar-refractivity contribution >= 4 is 17.7 Å². The zero-order valence-electron chi connectivity index (χ0n) is 14.1. The van der Waals surface area contributed by atoms with Crippen LogP contribution in [0.3, 0.4) is 0 Å². The summed E-state index contributed by atoms with van der Waals surface area (Å²) in [6, 6.07) is 8.27. The highest BCUT2D eigenvalue weighted by molar-refractivity contribution is 7.98. The van der Waals surface area contributed by atoms with Gasteiger partial charge >= 0.3 is 5.97 Å². The van der Waals surface area contributed by atoms with E-state index in [9.17, 15) is 9.90 Å². The van der Waals surface area contributed by atoms with E-state index in [1.807, 2.05) is 6.07 Å². The summed E-state index contributed by atoms with van der Waals surface area (Å²) in [5, 5.41) is 10.1. The molecule has 1 heterocycles. The number of aromatic carboxylic acids is 1. The molecule has 0 bridgehead atoms. The van der Waals surface area contributed by atoms with Gasteiger partial charge in [-0.05, 0) is 32.3 Å². The lowest BCUT2D eigenvalue weighted by atomic mass is 10.1. The second kappa shape index (κ2) is 7.34. The van der Waals surface area contributed by atoms with Gasteiger partial charge in [-0.2, -0.15) is 0 Å². The van der Waals surface area contributed by atoms with Crippen LogP contribution in [0.25, 0.3) is 0 Å². The first-order chi connectivity index (χ1) is 11.5. The molecule has 126 valence electrons. The van der Waals surface area contributed by atoms with Crippen molar-refractivity contribution in [1.29, 1.82) is 0 Å². The van der Waals surface area contributed by atoms with Crippen LogP contribution in [0.15, 0.2) is 29.3 Å². The van der Waals surface area contributed by atoms with Crippen LogP contribution in [-0.2, 0) is 5.75 Å². The number of carbonyl (C=O) groups is 1. The minimum atomic E-state index is -0.947. The molecule has 1 fully saturated rings. The van der Waals surface area contributed by atoms with E-state index in [2.05, 4.69) is 35.1 Å². The molecule has 0 saturated heterocycles. The standard InChI is InChI=1S/C19H22N2O2S/c1-12-6-5-7-14(10-12)11-24-18-16(19(22)23)13(2)20-17(21-18)15-8-3-4-9-15/h5-7,10,15H,3-4,8-9,11H2,1-2H3,(H,22,23). The average Bonchev–Trinajstić information content (AvgIpc) is 3.06. The molecule has 1 aromatic carbocycles. The predicted octanol–water partition coefficient (Wildman–Crippen LogP) is 4.74. The third kappa shape index (κ3) is 3.78. The van der Waals surface area contributed by atoms with Crippen LogP contribution in [0.1, 0.15) is 64.6 Å². The summed E-state index contributed by atoms with van der Waals surface area (Å²) in [5.41, 5.74) is 3.20. The number of carboxylic acid groups (broad SMARTS) is 1. The molecule has 0 amide bonds. The zero-order valence-corrected chi connectivity index (χ0v) is 14.9. The molecule has 5 heteroatoms. The summed E-state index contributed by atoms with van der Waals surface area (Å²) in [7, 11) is 0. The molecule has 24 heavy (non-hydrogen) atoms. The molecule has 1 aromatic heterocycles. The monoisotopic (exact) mass is 342 g/mol. The Labute approximate surface area is 146 Å². The van der Waals surface area contributed by atoms with Gasteiger partial charge in [0.05, 0.1) is 5.69 Å². The van der Waals surface area contributed by atoms with E-state index in [1.54, 1.807) is 6.92 Å². The maximum Gasteiger partial charge on any atom is 0.340 e. The van der Waals surface area contributed by atoms with Gasteiger partial charge in [0.15, 0.2) is 0 Å². The van der Waals surface area contributed by atoms with Crippen LogP contribution >= 0.6 is 11.8 Å². The number of nitrogens with zero attached hydrogens (tertiary/aromatic N) is 2. The molecule has 2 aromatic rings. The maximum absolute atomic E-state index is 11.6. The molecular formula is C19H22N2O2S. The first-order valence-corrected chi connectivity index (χ1v) is 9.33. The van der Waals surface area contributed by atoms with Crippen molar-refractivity contribution in [1.82, 2.24) is 9.97 Å². The highest BCUT2D eigenvalue weighted by Crippen LogP contribution is 2.34. The molecule has 1 aliphatic carbocycles. The van der Waals surface area contributed by atoms with Crippen LogP contribution in [-0.4, -0.2) is 21.0 Å². The van der Waals surface area contributed by atoms with Crippen molar-refractivity contribution in [3.63, 3.8) is 0 Å². The minimum absolute atomic E-state index is 0.245. The second-order valence-electron chi connectivity index (χ2n) is 6.41. The third-order valence-electron chi connectivity index (χ3n) is 4.47. The Morgan fingerprint density at radius 2 is 2.00 bits per heavy atom. The smallest absolute Gasteiger partial charge is 0.340 e. The lowest BCUT2D eigenvalue weighted by molar-refractivity contribution is 0.0690. The number of aryl methyl sites for hydroxylation is 2. The van der Waals surface area contributed by atoms with E-state index in [4.69, 9.17) is 0 Å². The second-order valence-corrected chi connectivity index (χ2v) is 7.38.